The van der Waals surface area contributed by atoms with Gasteiger partial charge in [0.25, 0.3) is 0 Å². The van der Waals surface area contributed by atoms with E-state index in [1.165, 1.54) is 136 Å². The predicted molar refractivity (Wildman–Crippen MR) is 436 cm³/mol. The monoisotopic (exact) mass is 1350 g/mol. The second-order valence-corrected chi connectivity index (χ2v) is 27.5. The van der Waals surface area contributed by atoms with Crippen molar-refractivity contribution in [3.8, 4) is 0 Å². The fraction of sp³-hybridized carbons (Fsp3) is 0.239. The molecule has 0 bridgehead atoms. The second kappa shape index (κ2) is 33.6. The number of hydrogen-bond acceptors (Lipinski definition) is 8. The topological polar surface area (TPSA) is 61.1 Å². The Hall–Kier alpha value is -9.13. The van der Waals surface area contributed by atoms with Crippen molar-refractivity contribution >= 4 is 119 Å². The van der Waals surface area contributed by atoms with Crippen LogP contribution in [0, 0.1) is 0 Å². The zero-order chi connectivity index (χ0) is 67.2. The van der Waals surface area contributed by atoms with Gasteiger partial charge in [-0.1, -0.05) is 250 Å². The summed E-state index contributed by atoms with van der Waals surface area (Å²) in [7, 11) is 0. The molecule has 2 heterocycles. The van der Waals surface area contributed by atoms with Gasteiger partial charge >= 0.3 is 0 Å². The normalized spacial score (nSPS) is 15.5. The lowest BCUT2D eigenvalue weighted by Crippen LogP contribution is -2.45. The number of alkyl halides is 1. The quantitative estimate of drug-likeness (QED) is 0.0843. The van der Waals surface area contributed by atoms with Crippen molar-refractivity contribution in [3.63, 3.8) is 0 Å². The highest BCUT2D eigenvalue weighted by Crippen LogP contribution is 2.36. The third-order valence-corrected chi connectivity index (χ3v) is 21.2. The van der Waals surface area contributed by atoms with Crippen LogP contribution >= 0.6 is 11.6 Å². The Morgan fingerprint density at radius 1 is 0.208 bits per heavy atom. The molecular formula is C92H95ClN8. The number of nitrogens with one attached hydrogen (secondary N) is 4. The lowest BCUT2D eigenvalue weighted by molar-refractivity contribution is 0.123. The van der Waals surface area contributed by atoms with Crippen LogP contribution in [0.4, 0.5) is 0 Å². The molecule has 2 fully saturated rings. The number of fused-ring (bicyclic) bond motifs is 10. The van der Waals surface area contributed by atoms with Gasteiger partial charge in [0, 0.05) is 137 Å². The molecule has 4 N–H and O–H groups in total. The fourth-order valence-corrected chi connectivity index (χ4v) is 16.0. The van der Waals surface area contributed by atoms with Gasteiger partial charge in [0.2, 0.25) is 0 Å². The van der Waals surface area contributed by atoms with E-state index in [-0.39, 0.29) is 7.43 Å². The molecule has 101 heavy (non-hydrogen) atoms. The van der Waals surface area contributed by atoms with E-state index in [2.05, 4.69) is 314 Å². The molecule has 0 unspecified atom stereocenters. The molecule has 0 aromatic heterocycles. The van der Waals surface area contributed by atoms with Crippen LogP contribution in [-0.4, -0.2) is 124 Å². The molecule has 17 rings (SSSR count). The number of benzene rings is 15. The molecule has 0 spiro atoms. The molecule has 0 aliphatic carbocycles. The minimum atomic E-state index is 0. The van der Waals surface area contributed by atoms with Gasteiger partial charge in [-0.2, -0.15) is 0 Å². The molecule has 0 amide bonds. The molecule has 9 heteroatoms. The Bertz CT molecular complexity index is 4460. The molecule has 15 aromatic rings. The highest BCUT2D eigenvalue weighted by atomic mass is 35.5. The maximum atomic E-state index is 6.08. The van der Waals surface area contributed by atoms with Gasteiger partial charge in [-0.3, -0.25) is 19.6 Å². The van der Waals surface area contributed by atoms with Gasteiger partial charge in [0.15, 0.2) is 0 Å². The van der Waals surface area contributed by atoms with E-state index in [1.54, 1.807) is 0 Å². The van der Waals surface area contributed by atoms with Crippen LogP contribution in [0.3, 0.4) is 0 Å². The Labute approximate surface area is 601 Å². The Kier molecular flexibility index (Phi) is 22.9. The van der Waals surface area contributed by atoms with Crippen LogP contribution in [-0.2, 0) is 32.1 Å². The molecular weight excluding hydrogens is 1250 g/mol. The average molecular weight is 1350 g/mol. The summed E-state index contributed by atoms with van der Waals surface area (Å²) >= 11 is 6.08. The van der Waals surface area contributed by atoms with E-state index in [9.17, 15) is 0 Å². The summed E-state index contributed by atoms with van der Waals surface area (Å²) in [5, 5.41) is 39.8. The maximum absolute atomic E-state index is 6.08. The van der Waals surface area contributed by atoms with E-state index < -0.39 is 0 Å². The lowest BCUT2D eigenvalue weighted by atomic mass is 9.96. The zero-order valence-electron chi connectivity index (χ0n) is 57.5. The molecule has 8 nitrogen and oxygen atoms in total. The van der Waals surface area contributed by atoms with Gasteiger partial charge in [0.1, 0.15) is 0 Å². The van der Waals surface area contributed by atoms with Gasteiger partial charge in [-0.25, -0.2) is 0 Å². The first kappa shape index (κ1) is 69.0. The van der Waals surface area contributed by atoms with E-state index in [0.29, 0.717) is 5.88 Å². The standard InChI is InChI=1S/C68H60N4.C15H11Cl.C8H20N4.CH4/c1-9-25-57-49(17-1)41-50-18-2-10-26-58(50)65(57)45-69-33-35-70(46-66-59-27-11-3-19-51(59)42-52-20-4-12-28-60(52)66)37-39-72(48-68-63-31-15-7-23-55(63)44-56-24-8-16-32-64(56)68)40-38-71(36-34-69)47-67-61-29-13-5-21-53(61)43-54-22-6-14-30-62(54)67;16-10-15-13-7-3-1-5-11(13)9-12-6-2-4-8-14(12)15;1-2-10-5-6-12-8-7-11-4-3-9-1;/h1-32,41-44H,33-40,45-48H2;1-9H,10H2;9-12H,1-8H2;1H4. The molecule has 2 saturated heterocycles. The van der Waals surface area contributed by atoms with Crippen molar-refractivity contribution in [3.05, 3.63) is 301 Å². The SMILES string of the molecule is C.C1CNCCNCCNCCN1.ClCc1c2ccccc2cc2ccccc12.c1ccc2c(CN3CCN(Cc4c5ccccc5cc5ccccc45)CCN(Cc4c5ccccc5cc5ccccc45)CCN(Cc4c5ccccc5cc5ccccc45)CC3)c3ccccc3cc2c1. The van der Waals surface area contributed by atoms with E-state index in [0.717, 1.165) is 131 Å². The minimum Gasteiger partial charge on any atom is -0.314 e. The number of rotatable bonds is 9. The Morgan fingerprint density at radius 2 is 0.347 bits per heavy atom. The third kappa shape index (κ3) is 16.1. The first-order valence-electron chi connectivity index (χ1n) is 36.3. The summed E-state index contributed by atoms with van der Waals surface area (Å²) in [5.41, 5.74) is 6.96. The summed E-state index contributed by atoms with van der Waals surface area (Å²) in [4.78, 5) is 11.2. The Balaban J connectivity index is 0.000000246. The van der Waals surface area contributed by atoms with Gasteiger partial charge in [-0.15, -0.1) is 11.6 Å². The number of halogens is 1. The smallest absolute Gasteiger partial charge is 0.0486 e. The first-order chi connectivity index (χ1) is 49.6. The summed E-state index contributed by atoms with van der Waals surface area (Å²) < 4.78 is 0. The van der Waals surface area contributed by atoms with Gasteiger partial charge in [-0.05, 0) is 166 Å². The fourth-order valence-electron chi connectivity index (χ4n) is 15.7. The number of hydrogen-bond donors (Lipinski definition) is 4. The van der Waals surface area contributed by atoms with Crippen LogP contribution in [0.25, 0.3) is 108 Å². The van der Waals surface area contributed by atoms with Crippen molar-refractivity contribution in [2.24, 2.45) is 0 Å². The van der Waals surface area contributed by atoms with Crippen LogP contribution in [0.2, 0.25) is 0 Å². The van der Waals surface area contributed by atoms with E-state index in [1.807, 2.05) is 0 Å². The largest absolute Gasteiger partial charge is 0.314 e. The summed E-state index contributed by atoms with van der Waals surface area (Å²) in [6.45, 7) is 19.8. The third-order valence-electron chi connectivity index (χ3n) is 20.9. The molecule has 0 radical (unpaired) electrons. The molecule has 0 saturated carbocycles. The molecule has 0 atom stereocenters. The van der Waals surface area contributed by atoms with E-state index >= 15 is 0 Å². The van der Waals surface area contributed by atoms with Crippen molar-refractivity contribution in [2.75, 3.05) is 105 Å². The van der Waals surface area contributed by atoms with Crippen molar-refractivity contribution in [1.82, 2.24) is 40.9 Å². The maximum Gasteiger partial charge on any atom is 0.0486 e. The van der Waals surface area contributed by atoms with Crippen molar-refractivity contribution in [2.45, 2.75) is 39.5 Å². The highest BCUT2D eigenvalue weighted by Gasteiger charge is 2.23. The zero-order valence-corrected chi connectivity index (χ0v) is 58.3. The van der Waals surface area contributed by atoms with Crippen LogP contribution < -0.4 is 21.3 Å². The highest BCUT2D eigenvalue weighted by molar-refractivity contribution is 6.20. The lowest BCUT2D eigenvalue weighted by Gasteiger charge is -2.35. The van der Waals surface area contributed by atoms with Crippen molar-refractivity contribution in [1.29, 1.82) is 0 Å². The van der Waals surface area contributed by atoms with E-state index in [4.69, 9.17) is 11.6 Å². The molecule has 2 aliphatic rings. The minimum absolute atomic E-state index is 0. The molecule has 15 aromatic carbocycles. The Morgan fingerprint density at radius 3 is 0.495 bits per heavy atom. The van der Waals surface area contributed by atoms with Crippen LogP contribution in [0.15, 0.2) is 273 Å². The summed E-state index contributed by atoms with van der Waals surface area (Å²) in [5.74, 6) is 0.557. The molecule has 510 valence electrons. The predicted octanol–water partition coefficient (Wildman–Crippen LogP) is 19.0. The summed E-state index contributed by atoms with van der Waals surface area (Å²) in [6.07, 6.45) is 0. The van der Waals surface area contributed by atoms with Crippen molar-refractivity contribution < 1.29 is 0 Å². The van der Waals surface area contributed by atoms with Crippen LogP contribution in [0.1, 0.15) is 35.2 Å². The first-order valence-corrected chi connectivity index (χ1v) is 36.9. The molecule has 2 aliphatic heterocycles. The van der Waals surface area contributed by atoms with Gasteiger partial charge in [0.05, 0.1) is 0 Å². The van der Waals surface area contributed by atoms with Crippen LogP contribution in [0.5, 0.6) is 0 Å². The number of nitrogens with zero attached hydrogens (tertiary/aromatic N) is 4. The summed E-state index contributed by atoms with van der Waals surface area (Å²) in [6, 6.07) is 101. The average Bonchev–Trinajstić information content (AvgIpc) is 0.810. The van der Waals surface area contributed by atoms with Gasteiger partial charge < -0.3 is 21.3 Å². The second-order valence-electron chi connectivity index (χ2n) is 27.2.